The van der Waals surface area contributed by atoms with E-state index in [1.807, 2.05) is 6.92 Å². The largest absolute Gasteiger partial charge is 0.494 e. The van der Waals surface area contributed by atoms with Gasteiger partial charge in [0, 0.05) is 18.0 Å². The molecule has 0 bridgehead atoms. The van der Waals surface area contributed by atoms with E-state index >= 15 is 0 Å². The number of benzene rings is 1. The second kappa shape index (κ2) is 5.77. The van der Waals surface area contributed by atoms with Crippen LogP contribution >= 0.6 is 0 Å². The highest BCUT2D eigenvalue weighted by Crippen LogP contribution is 2.45. The van der Waals surface area contributed by atoms with Gasteiger partial charge in [-0.2, -0.15) is 0 Å². The van der Waals surface area contributed by atoms with Crippen LogP contribution in [0.3, 0.4) is 0 Å². The summed E-state index contributed by atoms with van der Waals surface area (Å²) in [5.41, 5.74) is 1.84. The van der Waals surface area contributed by atoms with Crippen molar-refractivity contribution in [2.45, 2.75) is 57.4 Å². The van der Waals surface area contributed by atoms with Crippen molar-refractivity contribution in [3.63, 3.8) is 0 Å². The Bertz CT molecular complexity index is 437. The molecule has 2 aliphatic rings. The standard InChI is InChI=1S/C18H27NO/c1-3-20-17-10-6-15(7-11-17)18(12-4-5-14(18)2)13-19-16-8-9-16/h6-7,10-11,14,16,19H,3-5,8-9,12-13H2,1-2H3. The van der Waals surface area contributed by atoms with E-state index in [0.29, 0.717) is 5.41 Å². The summed E-state index contributed by atoms with van der Waals surface area (Å²) in [6.45, 7) is 6.35. The summed E-state index contributed by atoms with van der Waals surface area (Å²) in [6, 6.07) is 9.66. The first-order valence-electron chi connectivity index (χ1n) is 8.21. The summed E-state index contributed by atoms with van der Waals surface area (Å²) in [6.07, 6.45) is 6.78. The third-order valence-electron chi connectivity index (χ3n) is 5.23. The van der Waals surface area contributed by atoms with Gasteiger partial charge in [0.05, 0.1) is 6.61 Å². The zero-order valence-corrected chi connectivity index (χ0v) is 12.8. The third-order valence-corrected chi connectivity index (χ3v) is 5.23. The van der Waals surface area contributed by atoms with Crippen LogP contribution in [0.4, 0.5) is 0 Å². The molecule has 0 amide bonds. The average Bonchev–Trinajstić information content (AvgIpc) is 3.22. The number of nitrogens with one attached hydrogen (secondary N) is 1. The Morgan fingerprint density at radius 2 is 1.95 bits per heavy atom. The van der Waals surface area contributed by atoms with Crippen LogP contribution in [-0.4, -0.2) is 19.2 Å². The van der Waals surface area contributed by atoms with Crippen LogP contribution in [0.1, 0.15) is 51.5 Å². The molecule has 2 fully saturated rings. The molecule has 2 saturated carbocycles. The van der Waals surface area contributed by atoms with Crippen molar-refractivity contribution >= 4 is 0 Å². The number of ether oxygens (including phenoxy) is 1. The monoisotopic (exact) mass is 273 g/mol. The minimum absolute atomic E-state index is 0.341. The van der Waals surface area contributed by atoms with Crippen LogP contribution in [0, 0.1) is 5.92 Å². The minimum atomic E-state index is 0.341. The van der Waals surface area contributed by atoms with E-state index in [2.05, 4.69) is 36.5 Å². The number of rotatable bonds is 6. The van der Waals surface area contributed by atoms with Crippen molar-refractivity contribution in [3.05, 3.63) is 29.8 Å². The van der Waals surface area contributed by atoms with Gasteiger partial charge in [-0.05, 0) is 56.2 Å². The molecule has 20 heavy (non-hydrogen) atoms. The van der Waals surface area contributed by atoms with E-state index in [0.717, 1.165) is 30.9 Å². The molecular weight excluding hydrogens is 246 g/mol. The molecule has 2 unspecified atom stereocenters. The first-order valence-corrected chi connectivity index (χ1v) is 8.21. The van der Waals surface area contributed by atoms with Crippen LogP contribution < -0.4 is 10.1 Å². The maximum absolute atomic E-state index is 5.58. The number of hydrogen-bond donors (Lipinski definition) is 1. The lowest BCUT2D eigenvalue weighted by atomic mass is 9.73. The lowest BCUT2D eigenvalue weighted by Crippen LogP contribution is -2.41. The zero-order chi connectivity index (χ0) is 14.0. The van der Waals surface area contributed by atoms with E-state index in [4.69, 9.17) is 4.74 Å². The SMILES string of the molecule is CCOc1ccc(C2(CNC3CC3)CCCC2C)cc1. The Balaban J connectivity index is 1.80. The summed E-state index contributed by atoms with van der Waals surface area (Å²) in [7, 11) is 0. The lowest BCUT2D eigenvalue weighted by Gasteiger charge is -2.35. The van der Waals surface area contributed by atoms with Gasteiger partial charge in [-0.1, -0.05) is 25.5 Å². The second-order valence-electron chi connectivity index (χ2n) is 6.56. The van der Waals surface area contributed by atoms with Crippen molar-refractivity contribution in [1.29, 1.82) is 0 Å². The third kappa shape index (κ3) is 2.71. The van der Waals surface area contributed by atoms with Crippen LogP contribution in [-0.2, 0) is 5.41 Å². The molecule has 0 spiro atoms. The van der Waals surface area contributed by atoms with Gasteiger partial charge >= 0.3 is 0 Å². The van der Waals surface area contributed by atoms with E-state index in [1.54, 1.807) is 0 Å². The fraction of sp³-hybridized carbons (Fsp3) is 0.667. The molecule has 2 heteroatoms. The quantitative estimate of drug-likeness (QED) is 0.849. The predicted octanol–water partition coefficient (Wildman–Crippen LogP) is 3.90. The predicted molar refractivity (Wildman–Crippen MR) is 83.3 cm³/mol. The molecule has 3 rings (SSSR count). The van der Waals surface area contributed by atoms with Crippen molar-refractivity contribution in [1.82, 2.24) is 5.32 Å². The van der Waals surface area contributed by atoms with Crippen molar-refractivity contribution in [3.8, 4) is 5.75 Å². The van der Waals surface area contributed by atoms with E-state index < -0.39 is 0 Å². The Labute approximate surface area is 122 Å². The van der Waals surface area contributed by atoms with Gasteiger partial charge in [-0.15, -0.1) is 0 Å². The molecule has 110 valence electrons. The van der Waals surface area contributed by atoms with Crippen molar-refractivity contribution in [2.24, 2.45) is 5.92 Å². The summed E-state index contributed by atoms with van der Waals surface area (Å²) in [5, 5.41) is 3.78. The topological polar surface area (TPSA) is 21.3 Å². The molecule has 0 aliphatic heterocycles. The van der Waals surface area contributed by atoms with Gasteiger partial charge in [0.2, 0.25) is 0 Å². The Hall–Kier alpha value is -1.02. The van der Waals surface area contributed by atoms with Gasteiger partial charge in [0.1, 0.15) is 5.75 Å². The van der Waals surface area contributed by atoms with Gasteiger partial charge in [0.25, 0.3) is 0 Å². The molecule has 2 aliphatic carbocycles. The Morgan fingerprint density at radius 1 is 1.20 bits per heavy atom. The van der Waals surface area contributed by atoms with Crippen LogP contribution in [0.2, 0.25) is 0 Å². The molecule has 2 nitrogen and oxygen atoms in total. The highest BCUT2D eigenvalue weighted by atomic mass is 16.5. The van der Waals surface area contributed by atoms with Gasteiger partial charge in [-0.25, -0.2) is 0 Å². The number of hydrogen-bond acceptors (Lipinski definition) is 2. The molecule has 0 heterocycles. The maximum Gasteiger partial charge on any atom is 0.119 e. The fourth-order valence-corrected chi connectivity index (χ4v) is 3.70. The van der Waals surface area contributed by atoms with Gasteiger partial charge in [-0.3, -0.25) is 0 Å². The second-order valence-corrected chi connectivity index (χ2v) is 6.56. The van der Waals surface area contributed by atoms with Crippen LogP contribution in [0.15, 0.2) is 24.3 Å². The first-order chi connectivity index (χ1) is 9.74. The Morgan fingerprint density at radius 3 is 2.50 bits per heavy atom. The lowest BCUT2D eigenvalue weighted by molar-refractivity contribution is 0.314. The van der Waals surface area contributed by atoms with Crippen molar-refractivity contribution in [2.75, 3.05) is 13.2 Å². The fourth-order valence-electron chi connectivity index (χ4n) is 3.70. The molecule has 2 atom stereocenters. The van der Waals surface area contributed by atoms with E-state index in [9.17, 15) is 0 Å². The van der Waals surface area contributed by atoms with Gasteiger partial charge in [0.15, 0.2) is 0 Å². The van der Waals surface area contributed by atoms with Crippen LogP contribution in [0.5, 0.6) is 5.75 Å². The van der Waals surface area contributed by atoms with E-state index in [1.165, 1.54) is 37.7 Å². The van der Waals surface area contributed by atoms with Crippen LogP contribution in [0.25, 0.3) is 0 Å². The molecule has 0 aromatic heterocycles. The molecule has 1 aromatic carbocycles. The molecule has 1 N–H and O–H groups in total. The Kier molecular flexibility index (Phi) is 4.02. The summed E-state index contributed by atoms with van der Waals surface area (Å²) in [5.74, 6) is 1.76. The molecule has 0 saturated heterocycles. The highest BCUT2D eigenvalue weighted by molar-refractivity contribution is 5.34. The summed E-state index contributed by atoms with van der Waals surface area (Å²) < 4.78 is 5.58. The molecular formula is C18H27NO. The average molecular weight is 273 g/mol. The first kappa shape index (κ1) is 13.9. The molecule has 1 aromatic rings. The smallest absolute Gasteiger partial charge is 0.119 e. The van der Waals surface area contributed by atoms with Gasteiger partial charge < -0.3 is 10.1 Å². The molecule has 0 radical (unpaired) electrons. The maximum atomic E-state index is 5.58. The normalized spacial score (nSPS) is 29.6. The van der Waals surface area contributed by atoms with Crippen molar-refractivity contribution < 1.29 is 4.74 Å². The summed E-state index contributed by atoms with van der Waals surface area (Å²) in [4.78, 5) is 0. The highest BCUT2D eigenvalue weighted by Gasteiger charge is 2.42. The van der Waals surface area contributed by atoms with E-state index in [-0.39, 0.29) is 0 Å². The zero-order valence-electron chi connectivity index (χ0n) is 12.8. The summed E-state index contributed by atoms with van der Waals surface area (Å²) >= 11 is 0. The minimum Gasteiger partial charge on any atom is -0.494 e.